The number of methoxy groups -OCH3 is 1. The van der Waals surface area contributed by atoms with Crippen LogP contribution in [0.4, 0.5) is 0 Å². The molecule has 184 valence electrons. The number of hydrogen-bond donors (Lipinski definition) is 0. The number of thioether (sulfide) groups is 1. The number of fused-ring (bicyclic) bond motifs is 1. The van der Waals surface area contributed by atoms with Crippen LogP contribution in [0.1, 0.15) is 55.8 Å². The van der Waals surface area contributed by atoms with Gasteiger partial charge in [0.1, 0.15) is 0 Å². The van der Waals surface area contributed by atoms with Crippen LogP contribution < -0.4 is 5.56 Å². The lowest BCUT2D eigenvalue weighted by Gasteiger charge is -2.17. The molecule has 0 N–H and O–H groups in total. The first-order chi connectivity index (χ1) is 16.7. The summed E-state index contributed by atoms with van der Waals surface area (Å²) in [4.78, 5) is 43.4. The zero-order valence-corrected chi connectivity index (χ0v) is 21.6. The van der Waals surface area contributed by atoms with E-state index in [9.17, 15) is 14.4 Å². The van der Waals surface area contributed by atoms with E-state index in [-0.39, 0.29) is 23.2 Å². The smallest absolute Gasteiger partial charge is 0.337 e. The number of rotatable bonds is 7. The Morgan fingerprint density at radius 2 is 1.91 bits per heavy atom. The number of benzene rings is 2. The van der Waals surface area contributed by atoms with Crippen molar-refractivity contribution < 1.29 is 19.1 Å². The first-order valence-corrected chi connectivity index (χ1v) is 12.7. The van der Waals surface area contributed by atoms with Crippen molar-refractivity contribution in [3.8, 4) is 0 Å². The predicted molar refractivity (Wildman–Crippen MR) is 137 cm³/mol. The monoisotopic (exact) mass is 494 g/mol. The SMILES string of the molecule is COC(=O)c1ccc2c(=O)n(C[C@H]3CCCO3)c(SCC(=O)c3cc(C)c(C)c(C)c3C)nc2c1. The third kappa shape index (κ3) is 5.04. The Bertz CT molecular complexity index is 1370. The minimum atomic E-state index is -0.498. The molecule has 7 nitrogen and oxygen atoms in total. The average Bonchev–Trinajstić information content (AvgIpc) is 3.37. The fourth-order valence-electron chi connectivity index (χ4n) is 4.42. The Morgan fingerprint density at radius 3 is 2.60 bits per heavy atom. The Morgan fingerprint density at radius 1 is 1.14 bits per heavy atom. The van der Waals surface area contributed by atoms with Gasteiger partial charge in [0.05, 0.1) is 42.0 Å². The van der Waals surface area contributed by atoms with E-state index in [1.165, 1.54) is 24.4 Å². The fourth-order valence-corrected chi connectivity index (χ4v) is 5.31. The first kappa shape index (κ1) is 25.1. The van der Waals surface area contributed by atoms with Gasteiger partial charge in [0, 0.05) is 12.2 Å². The standard InChI is InChI=1S/C27H30N2O5S/c1-15-11-22(18(4)17(3)16(15)2)24(30)14-35-27-28-23-12-19(26(32)33-5)8-9-21(23)25(31)29(27)13-20-7-6-10-34-20/h8-9,11-12,20H,6-7,10,13-14H2,1-5H3/t20-/m1/s1. The van der Waals surface area contributed by atoms with E-state index >= 15 is 0 Å². The molecule has 4 rings (SSSR count). The molecule has 0 unspecified atom stereocenters. The quantitative estimate of drug-likeness (QED) is 0.206. The lowest BCUT2D eigenvalue weighted by atomic mass is 9.93. The maximum atomic E-state index is 13.4. The van der Waals surface area contributed by atoms with Gasteiger partial charge in [0.25, 0.3) is 5.56 Å². The number of aryl methyl sites for hydroxylation is 1. The Labute approximate surface area is 208 Å². The van der Waals surface area contributed by atoms with Gasteiger partial charge in [0.15, 0.2) is 10.9 Å². The van der Waals surface area contributed by atoms with E-state index < -0.39 is 5.97 Å². The summed E-state index contributed by atoms with van der Waals surface area (Å²) in [6.07, 6.45) is 1.76. The lowest BCUT2D eigenvalue weighted by Crippen LogP contribution is -2.29. The zero-order chi connectivity index (χ0) is 25.3. The van der Waals surface area contributed by atoms with Crippen LogP contribution in [0.3, 0.4) is 0 Å². The number of nitrogens with zero attached hydrogens (tertiary/aromatic N) is 2. The molecule has 0 bridgehead atoms. The molecule has 1 atom stereocenters. The van der Waals surface area contributed by atoms with Gasteiger partial charge in [-0.2, -0.15) is 0 Å². The number of carbonyl (C=O) groups is 2. The van der Waals surface area contributed by atoms with Crippen molar-refractivity contribution in [1.29, 1.82) is 0 Å². The summed E-state index contributed by atoms with van der Waals surface area (Å²) in [5.41, 5.74) is 5.56. The van der Waals surface area contributed by atoms with Gasteiger partial charge in [-0.3, -0.25) is 14.2 Å². The molecule has 1 aliphatic heterocycles. The summed E-state index contributed by atoms with van der Waals surface area (Å²) >= 11 is 1.24. The second-order valence-electron chi connectivity index (χ2n) is 9.00. The summed E-state index contributed by atoms with van der Waals surface area (Å²) in [5, 5.41) is 0.846. The third-order valence-corrected chi connectivity index (χ3v) is 7.84. The molecule has 0 radical (unpaired) electrons. The molecule has 3 aromatic rings. The van der Waals surface area contributed by atoms with Gasteiger partial charge in [0.2, 0.25) is 0 Å². The molecule has 35 heavy (non-hydrogen) atoms. The number of ether oxygens (including phenoxy) is 2. The van der Waals surface area contributed by atoms with E-state index in [2.05, 4.69) is 6.92 Å². The minimum absolute atomic E-state index is 0.0139. The molecule has 2 heterocycles. The molecule has 1 aromatic heterocycles. The van der Waals surface area contributed by atoms with Gasteiger partial charge in [-0.05, 0) is 87.1 Å². The molecule has 8 heteroatoms. The minimum Gasteiger partial charge on any atom is -0.465 e. The number of esters is 1. The number of carbonyl (C=O) groups excluding carboxylic acids is 2. The first-order valence-electron chi connectivity index (χ1n) is 11.7. The Kier molecular flexibility index (Phi) is 7.42. The van der Waals surface area contributed by atoms with Crippen molar-refractivity contribution in [2.24, 2.45) is 0 Å². The number of aromatic nitrogens is 2. The topological polar surface area (TPSA) is 87.5 Å². The van der Waals surface area contributed by atoms with Crippen molar-refractivity contribution in [3.05, 3.63) is 68.0 Å². The van der Waals surface area contributed by atoms with Gasteiger partial charge >= 0.3 is 5.97 Å². The summed E-state index contributed by atoms with van der Waals surface area (Å²) in [5.74, 6) is -0.370. The Balaban J connectivity index is 1.72. The highest BCUT2D eigenvalue weighted by Crippen LogP contribution is 2.26. The highest BCUT2D eigenvalue weighted by Gasteiger charge is 2.22. The normalized spacial score (nSPS) is 15.5. The van der Waals surface area contributed by atoms with Gasteiger partial charge < -0.3 is 9.47 Å². The fraction of sp³-hybridized carbons (Fsp3) is 0.407. The van der Waals surface area contributed by atoms with Crippen LogP contribution in [0.5, 0.6) is 0 Å². The maximum absolute atomic E-state index is 13.4. The van der Waals surface area contributed by atoms with Crippen LogP contribution in [-0.2, 0) is 16.0 Å². The molecule has 0 saturated carbocycles. The van der Waals surface area contributed by atoms with Crippen molar-refractivity contribution in [2.45, 2.75) is 58.3 Å². The molecule has 1 fully saturated rings. The van der Waals surface area contributed by atoms with E-state index in [0.29, 0.717) is 40.3 Å². The highest BCUT2D eigenvalue weighted by atomic mass is 32.2. The molecular formula is C27H30N2O5S. The number of Topliss-reactive ketones (excluding diaryl/α,β-unsaturated/α-hetero) is 1. The van der Waals surface area contributed by atoms with Gasteiger partial charge in [-0.1, -0.05) is 11.8 Å². The zero-order valence-electron chi connectivity index (χ0n) is 20.8. The lowest BCUT2D eigenvalue weighted by molar-refractivity contribution is 0.0600. The molecule has 1 saturated heterocycles. The van der Waals surface area contributed by atoms with E-state index in [0.717, 1.165) is 29.5 Å². The van der Waals surface area contributed by atoms with E-state index in [1.807, 2.05) is 26.8 Å². The third-order valence-electron chi connectivity index (χ3n) is 6.87. The second-order valence-corrected chi connectivity index (χ2v) is 9.94. The van der Waals surface area contributed by atoms with Crippen molar-refractivity contribution in [2.75, 3.05) is 19.5 Å². The largest absolute Gasteiger partial charge is 0.465 e. The van der Waals surface area contributed by atoms with Crippen molar-refractivity contribution >= 4 is 34.4 Å². The Hall–Kier alpha value is -2.97. The molecule has 1 aliphatic rings. The van der Waals surface area contributed by atoms with Crippen LogP contribution in [0.25, 0.3) is 10.9 Å². The van der Waals surface area contributed by atoms with Crippen molar-refractivity contribution in [3.63, 3.8) is 0 Å². The summed E-state index contributed by atoms with van der Waals surface area (Å²) in [6.45, 7) is 9.12. The number of hydrogen-bond acceptors (Lipinski definition) is 7. The van der Waals surface area contributed by atoms with Crippen LogP contribution in [0.2, 0.25) is 0 Å². The summed E-state index contributed by atoms with van der Waals surface area (Å²) < 4.78 is 12.2. The molecule has 0 amide bonds. The number of ketones is 1. The van der Waals surface area contributed by atoms with Crippen LogP contribution in [0.15, 0.2) is 34.2 Å². The maximum Gasteiger partial charge on any atom is 0.337 e. The van der Waals surface area contributed by atoms with E-state index in [1.54, 1.807) is 22.8 Å². The van der Waals surface area contributed by atoms with Crippen LogP contribution in [-0.4, -0.2) is 46.9 Å². The van der Waals surface area contributed by atoms with Crippen molar-refractivity contribution in [1.82, 2.24) is 9.55 Å². The summed E-state index contributed by atoms with van der Waals surface area (Å²) in [7, 11) is 1.31. The van der Waals surface area contributed by atoms with Crippen LogP contribution >= 0.6 is 11.8 Å². The molecule has 2 aromatic carbocycles. The molecular weight excluding hydrogens is 464 g/mol. The predicted octanol–water partition coefficient (Wildman–Crippen LogP) is 4.57. The van der Waals surface area contributed by atoms with E-state index in [4.69, 9.17) is 14.5 Å². The van der Waals surface area contributed by atoms with Gasteiger partial charge in [-0.15, -0.1) is 0 Å². The molecule has 0 aliphatic carbocycles. The summed E-state index contributed by atoms with van der Waals surface area (Å²) in [6, 6.07) is 6.66. The molecule has 0 spiro atoms. The van der Waals surface area contributed by atoms with Gasteiger partial charge in [-0.25, -0.2) is 9.78 Å². The average molecular weight is 495 g/mol. The van der Waals surface area contributed by atoms with Crippen LogP contribution in [0, 0.1) is 27.7 Å². The highest BCUT2D eigenvalue weighted by molar-refractivity contribution is 7.99. The second kappa shape index (κ2) is 10.3.